The number of hydrogen-bond donors (Lipinski definition) is 1. The van der Waals surface area contributed by atoms with Gasteiger partial charge in [-0.2, -0.15) is 13.2 Å². The number of halogens is 6. The number of amides is 2. The molecule has 14 heteroatoms. The van der Waals surface area contributed by atoms with E-state index in [-0.39, 0.29) is 34.1 Å². The smallest absolute Gasteiger partial charge is 0.352 e. The highest BCUT2D eigenvalue weighted by Crippen LogP contribution is 2.36. The minimum Gasteiger partial charge on any atom is -0.352 e. The average molecular weight is 679 g/mol. The molecule has 0 aliphatic rings. The highest BCUT2D eigenvalue weighted by Gasteiger charge is 2.36. The zero-order chi connectivity index (χ0) is 32.1. The molecule has 0 spiro atoms. The van der Waals surface area contributed by atoms with Crippen molar-refractivity contribution >= 4 is 62.3 Å². The minimum atomic E-state index is -4.80. The number of sulfonamides is 1. The van der Waals surface area contributed by atoms with Crippen LogP contribution in [0.2, 0.25) is 15.1 Å². The first-order valence-electron chi connectivity index (χ1n) is 12.9. The highest BCUT2D eigenvalue weighted by molar-refractivity contribution is 7.92. The normalized spacial score (nSPS) is 12.6. The fourth-order valence-corrected chi connectivity index (χ4v) is 5.69. The van der Waals surface area contributed by atoms with E-state index in [9.17, 15) is 31.2 Å². The lowest BCUT2D eigenvalue weighted by molar-refractivity contribution is -0.140. The molecular formula is C29H29Cl3F3N3O4S. The van der Waals surface area contributed by atoms with E-state index in [1.54, 1.807) is 50.2 Å². The number of rotatable bonds is 11. The van der Waals surface area contributed by atoms with E-state index in [1.807, 2.05) is 0 Å². The molecule has 1 N–H and O–H groups in total. The predicted octanol–water partition coefficient (Wildman–Crippen LogP) is 6.60. The number of carbonyl (C=O) groups is 2. The lowest BCUT2D eigenvalue weighted by atomic mass is 10.0. The van der Waals surface area contributed by atoms with Crippen LogP contribution in [0.1, 0.15) is 30.5 Å². The van der Waals surface area contributed by atoms with Crippen LogP contribution < -0.4 is 9.62 Å². The molecule has 0 bridgehead atoms. The van der Waals surface area contributed by atoms with Crippen molar-refractivity contribution in [2.24, 2.45) is 0 Å². The maximum absolute atomic E-state index is 14.1. The molecule has 0 aromatic heterocycles. The third-order valence-corrected chi connectivity index (χ3v) is 8.45. The second-order valence-electron chi connectivity index (χ2n) is 10.1. The summed E-state index contributed by atoms with van der Waals surface area (Å²) in [5.74, 6) is -1.39. The Balaban J connectivity index is 2.13. The van der Waals surface area contributed by atoms with Crippen LogP contribution in [0.3, 0.4) is 0 Å². The van der Waals surface area contributed by atoms with Crippen LogP contribution in [0, 0.1) is 0 Å². The summed E-state index contributed by atoms with van der Waals surface area (Å²) >= 11 is 18.4. The first-order valence-corrected chi connectivity index (χ1v) is 15.9. The predicted molar refractivity (Wildman–Crippen MR) is 163 cm³/mol. The van der Waals surface area contributed by atoms with Gasteiger partial charge in [0.1, 0.15) is 12.6 Å². The molecule has 0 unspecified atom stereocenters. The van der Waals surface area contributed by atoms with Crippen LogP contribution in [0.4, 0.5) is 18.9 Å². The van der Waals surface area contributed by atoms with Crippen LogP contribution in [0.15, 0.2) is 66.7 Å². The van der Waals surface area contributed by atoms with Crippen molar-refractivity contribution in [3.8, 4) is 0 Å². The maximum atomic E-state index is 14.1. The molecule has 3 aromatic rings. The van der Waals surface area contributed by atoms with Crippen LogP contribution >= 0.6 is 34.8 Å². The number of carbonyl (C=O) groups excluding carboxylic acids is 2. The quantitative estimate of drug-likeness (QED) is 0.248. The van der Waals surface area contributed by atoms with E-state index >= 15 is 0 Å². The molecular weight excluding hydrogens is 650 g/mol. The molecule has 0 aliphatic carbocycles. The summed E-state index contributed by atoms with van der Waals surface area (Å²) in [6.07, 6.45) is -4.01. The Morgan fingerprint density at radius 3 is 2.07 bits per heavy atom. The first kappa shape index (κ1) is 34.5. The molecule has 0 heterocycles. The molecule has 232 valence electrons. The number of alkyl halides is 3. The molecule has 7 nitrogen and oxygen atoms in total. The van der Waals surface area contributed by atoms with E-state index in [0.717, 1.165) is 12.3 Å². The van der Waals surface area contributed by atoms with Crippen molar-refractivity contribution in [1.82, 2.24) is 10.2 Å². The number of nitrogens with one attached hydrogen (secondary N) is 1. The Bertz CT molecular complexity index is 1570. The first-order chi connectivity index (χ1) is 20.0. The molecule has 3 aromatic carbocycles. The van der Waals surface area contributed by atoms with Gasteiger partial charge >= 0.3 is 6.18 Å². The van der Waals surface area contributed by atoms with E-state index in [0.29, 0.717) is 27.6 Å². The van der Waals surface area contributed by atoms with E-state index in [2.05, 4.69) is 5.32 Å². The van der Waals surface area contributed by atoms with Gasteiger partial charge in [0.15, 0.2) is 0 Å². The molecule has 0 aliphatic heterocycles. The van der Waals surface area contributed by atoms with Crippen molar-refractivity contribution in [3.05, 3.63) is 98.5 Å². The Hall–Kier alpha value is -2.99. The van der Waals surface area contributed by atoms with Crippen molar-refractivity contribution in [1.29, 1.82) is 0 Å². The van der Waals surface area contributed by atoms with Crippen LogP contribution in [-0.4, -0.2) is 50.0 Å². The molecule has 43 heavy (non-hydrogen) atoms. The van der Waals surface area contributed by atoms with Crippen molar-refractivity contribution in [3.63, 3.8) is 0 Å². The van der Waals surface area contributed by atoms with Crippen molar-refractivity contribution in [2.45, 2.75) is 45.1 Å². The van der Waals surface area contributed by atoms with Gasteiger partial charge < -0.3 is 10.2 Å². The summed E-state index contributed by atoms with van der Waals surface area (Å²) in [6, 6.07) is 14.2. The van der Waals surface area contributed by atoms with Gasteiger partial charge in [0.05, 0.1) is 32.6 Å². The molecule has 0 saturated carbocycles. The summed E-state index contributed by atoms with van der Waals surface area (Å²) in [6.45, 7) is 2.33. The maximum Gasteiger partial charge on any atom is 0.416 e. The van der Waals surface area contributed by atoms with Gasteiger partial charge in [-0.25, -0.2) is 8.42 Å². The lowest BCUT2D eigenvalue weighted by Crippen LogP contribution is -2.54. The van der Waals surface area contributed by atoms with E-state index in [1.165, 1.54) is 17.0 Å². The molecule has 2 amide bonds. The number of hydrogen-bond acceptors (Lipinski definition) is 4. The summed E-state index contributed by atoms with van der Waals surface area (Å²) in [7, 11) is -4.35. The van der Waals surface area contributed by atoms with Crippen molar-refractivity contribution in [2.75, 3.05) is 17.1 Å². The van der Waals surface area contributed by atoms with Crippen LogP contribution in [0.5, 0.6) is 0 Å². The number of anilines is 1. The topological polar surface area (TPSA) is 86.8 Å². The number of nitrogens with zero attached hydrogens (tertiary/aromatic N) is 2. The second kappa shape index (κ2) is 14.2. The minimum absolute atomic E-state index is 0.0512. The monoisotopic (exact) mass is 677 g/mol. The number of benzene rings is 3. The molecule has 1 atom stereocenters. The lowest BCUT2D eigenvalue weighted by Gasteiger charge is -2.34. The largest absolute Gasteiger partial charge is 0.416 e. The van der Waals surface area contributed by atoms with E-state index in [4.69, 9.17) is 34.8 Å². The Labute approximate surface area is 263 Å². The summed E-state index contributed by atoms with van der Waals surface area (Å²) < 4.78 is 66.8. The average Bonchev–Trinajstić information content (AvgIpc) is 2.90. The molecule has 3 rings (SSSR count). The second-order valence-corrected chi connectivity index (χ2v) is 13.2. The Morgan fingerprint density at radius 1 is 0.884 bits per heavy atom. The molecule has 0 radical (unpaired) electrons. The van der Waals surface area contributed by atoms with Gasteiger partial charge in [-0.3, -0.25) is 13.9 Å². The van der Waals surface area contributed by atoms with Gasteiger partial charge in [0, 0.05) is 19.0 Å². The molecule has 0 saturated heterocycles. The van der Waals surface area contributed by atoms with Crippen molar-refractivity contribution < 1.29 is 31.2 Å². The summed E-state index contributed by atoms with van der Waals surface area (Å²) in [5.41, 5.74) is -0.507. The molecule has 0 fully saturated rings. The third-order valence-electron chi connectivity index (χ3n) is 6.26. The van der Waals surface area contributed by atoms with Gasteiger partial charge in [-0.05, 0) is 55.3 Å². The van der Waals surface area contributed by atoms with Gasteiger partial charge in [0.25, 0.3) is 0 Å². The van der Waals surface area contributed by atoms with E-state index < -0.39 is 51.9 Å². The van der Waals surface area contributed by atoms with Crippen LogP contribution in [-0.2, 0) is 38.8 Å². The van der Waals surface area contributed by atoms with Gasteiger partial charge in [-0.1, -0.05) is 71.2 Å². The fraction of sp³-hybridized carbons (Fsp3) is 0.310. The van der Waals surface area contributed by atoms with Gasteiger partial charge in [0.2, 0.25) is 21.8 Å². The summed E-state index contributed by atoms with van der Waals surface area (Å²) in [4.78, 5) is 28.8. The van der Waals surface area contributed by atoms with Gasteiger partial charge in [-0.15, -0.1) is 0 Å². The SMILES string of the molecule is CC(C)NC(=O)[C@@H](Cc1ccccc1)N(Cc1ccc(Cl)c(Cl)c1)C(=O)CN(c1cc(C(F)(F)F)ccc1Cl)S(C)(=O)=O. The standard InChI is InChI=1S/C29H29Cl3F3N3O4S/c1-18(2)36-28(40)26(14-19-7-5-4-6-8-19)37(16-20-9-11-22(30)24(32)13-20)27(39)17-38(43(3,41)42)25-15-21(29(33,34)35)10-12-23(25)31/h4-13,15,18,26H,14,16-17H2,1-3H3,(H,36,40)/t26-/m1/s1. The zero-order valence-electron chi connectivity index (χ0n) is 23.3. The fourth-order valence-electron chi connectivity index (χ4n) is 4.24. The third kappa shape index (κ3) is 9.50. The Morgan fingerprint density at radius 2 is 1.51 bits per heavy atom. The summed E-state index contributed by atoms with van der Waals surface area (Å²) in [5, 5.41) is 2.92. The Kier molecular flexibility index (Phi) is 11.4. The zero-order valence-corrected chi connectivity index (χ0v) is 26.4. The highest BCUT2D eigenvalue weighted by atomic mass is 35.5. The van der Waals surface area contributed by atoms with Crippen LogP contribution in [0.25, 0.3) is 0 Å².